The molecule has 142 valence electrons. The van der Waals surface area contributed by atoms with Crippen LogP contribution >= 0.6 is 21.2 Å². The lowest BCUT2D eigenvalue weighted by Gasteiger charge is -2.33. The van der Waals surface area contributed by atoms with Crippen molar-refractivity contribution >= 4 is 26.9 Å². The standard InChI is InChI=1S/C18H25F2N4PS/c1-21-26-14-7-8-16(15(9-14)17-10-24(2)11-22-17)23-13-5-3-12(4-6-13)18(19,20)25/h7-13,21,23H,3-6,25H2,1-2H3. The van der Waals surface area contributed by atoms with Crippen molar-refractivity contribution in [2.45, 2.75) is 42.3 Å². The largest absolute Gasteiger partial charge is 0.382 e. The summed E-state index contributed by atoms with van der Waals surface area (Å²) in [4.78, 5) is 5.58. The Kier molecular flexibility index (Phi) is 6.21. The fourth-order valence-corrected chi connectivity index (χ4v) is 4.32. The summed E-state index contributed by atoms with van der Waals surface area (Å²) in [6.07, 6.45) is 6.36. The predicted octanol–water partition coefficient (Wildman–Crippen LogP) is 4.75. The third kappa shape index (κ3) is 4.76. The van der Waals surface area contributed by atoms with Crippen molar-refractivity contribution in [3.8, 4) is 11.3 Å². The van der Waals surface area contributed by atoms with Crippen LogP contribution in [0.1, 0.15) is 25.7 Å². The van der Waals surface area contributed by atoms with E-state index in [1.807, 2.05) is 24.9 Å². The van der Waals surface area contributed by atoms with E-state index >= 15 is 0 Å². The van der Waals surface area contributed by atoms with Gasteiger partial charge in [0.2, 0.25) is 0 Å². The molecule has 1 unspecified atom stereocenters. The lowest BCUT2D eigenvalue weighted by molar-refractivity contribution is 0.0169. The average Bonchev–Trinajstić information content (AvgIpc) is 3.02. The Bertz CT molecular complexity index is 739. The molecule has 0 bridgehead atoms. The van der Waals surface area contributed by atoms with Crippen LogP contribution in [0.4, 0.5) is 14.5 Å². The van der Waals surface area contributed by atoms with Crippen LogP contribution in [0.25, 0.3) is 11.3 Å². The highest BCUT2D eigenvalue weighted by atomic mass is 32.2. The molecule has 2 aromatic rings. The van der Waals surface area contributed by atoms with Crippen molar-refractivity contribution in [3.05, 3.63) is 30.7 Å². The summed E-state index contributed by atoms with van der Waals surface area (Å²) in [7, 11) is 5.53. The van der Waals surface area contributed by atoms with Gasteiger partial charge in [-0.15, -0.1) is 0 Å². The third-order valence-electron chi connectivity index (χ3n) is 4.82. The van der Waals surface area contributed by atoms with Crippen LogP contribution in [0.5, 0.6) is 0 Å². The van der Waals surface area contributed by atoms with Crippen LogP contribution in [0, 0.1) is 5.92 Å². The number of aromatic nitrogens is 2. The second-order valence-electron chi connectivity index (χ2n) is 6.81. The molecule has 3 rings (SSSR count). The number of halogens is 2. The summed E-state index contributed by atoms with van der Waals surface area (Å²) in [6.45, 7) is 0. The van der Waals surface area contributed by atoms with E-state index in [2.05, 4.69) is 33.2 Å². The Morgan fingerprint density at radius 2 is 2.00 bits per heavy atom. The zero-order valence-corrected chi connectivity index (χ0v) is 17.0. The molecule has 0 spiro atoms. The maximum atomic E-state index is 13.5. The van der Waals surface area contributed by atoms with Crippen molar-refractivity contribution in [2.24, 2.45) is 13.0 Å². The molecule has 1 heterocycles. The lowest BCUT2D eigenvalue weighted by atomic mass is 9.86. The Morgan fingerprint density at radius 3 is 2.58 bits per heavy atom. The van der Waals surface area contributed by atoms with Crippen molar-refractivity contribution in [2.75, 3.05) is 12.4 Å². The van der Waals surface area contributed by atoms with Crippen molar-refractivity contribution in [1.29, 1.82) is 0 Å². The molecule has 1 atom stereocenters. The molecule has 2 N–H and O–H groups in total. The van der Waals surface area contributed by atoms with Crippen LogP contribution in [0.3, 0.4) is 0 Å². The van der Waals surface area contributed by atoms with Crippen LogP contribution in [0.2, 0.25) is 0 Å². The third-order valence-corrected chi connectivity index (χ3v) is 5.99. The molecule has 4 nitrogen and oxygen atoms in total. The molecule has 8 heteroatoms. The Balaban J connectivity index is 1.77. The van der Waals surface area contributed by atoms with Gasteiger partial charge >= 0.3 is 0 Å². The molecule has 1 aromatic heterocycles. The monoisotopic (exact) mass is 398 g/mol. The number of imidazole rings is 1. The van der Waals surface area contributed by atoms with Gasteiger partial charge in [-0.3, -0.25) is 4.72 Å². The number of nitrogens with one attached hydrogen (secondary N) is 2. The zero-order chi connectivity index (χ0) is 18.7. The Labute approximate surface area is 159 Å². The number of hydrogen-bond acceptors (Lipinski definition) is 4. The molecule has 1 aliphatic carbocycles. The first kappa shape index (κ1) is 19.6. The van der Waals surface area contributed by atoms with Gasteiger partial charge in [-0.05, 0) is 62.9 Å². The van der Waals surface area contributed by atoms with E-state index in [0.29, 0.717) is 12.8 Å². The summed E-state index contributed by atoms with van der Waals surface area (Å²) >= 11 is 1.55. The number of anilines is 1. The van der Waals surface area contributed by atoms with Gasteiger partial charge in [0.15, 0.2) is 0 Å². The molecule has 26 heavy (non-hydrogen) atoms. The Hall–Kier alpha value is -1.17. The average molecular weight is 398 g/mol. The molecular weight excluding hydrogens is 373 g/mol. The van der Waals surface area contributed by atoms with E-state index in [1.54, 1.807) is 27.5 Å². The van der Waals surface area contributed by atoms with Gasteiger partial charge < -0.3 is 9.88 Å². The van der Waals surface area contributed by atoms with Gasteiger partial charge in [-0.25, -0.2) is 13.8 Å². The minimum Gasteiger partial charge on any atom is -0.382 e. The number of hydrogen-bond donors (Lipinski definition) is 2. The first-order valence-electron chi connectivity index (χ1n) is 8.76. The molecule has 0 amide bonds. The molecule has 1 aliphatic rings. The van der Waals surface area contributed by atoms with E-state index < -0.39 is 11.6 Å². The normalized spacial score (nSPS) is 21.0. The summed E-state index contributed by atoms with van der Waals surface area (Å²) in [6, 6.07) is 6.43. The highest BCUT2D eigenvalue weighted by Gasteiger charge is 2.37. The highest BCUT2D eigenvalue weighted by Crippen LogP contribution is 2.42. The van der Waals surface area contributed by atoms with Gasteiger partial charge in [0.25, 0.3) is 5.66 Å². The van der Waals surface area contributed by atoms with Crippen LogP contribution in [-0.4, -0.2) is 28.3 Å². The topological polar surface area (TPSA) is 41.9 Å². The van der Waals surface area contributed by atoms with E-state index in [9.17, 15) is 8.78 Å². The number of aryl methyl sites for hydroxylation is 1. The maximum absolute atomic E-state index is 13.5. The van der Waals surface area contributed by atoms with Gasteiger partial charge in [0, 0.05) is 41.4 Å². The summed E-state index contributed by atoms with van der Waals surface area (Å²) in [5.74, 6) is -0.532. The summed E-state index contributed by atoms with van der Waals surface area (Å²) in [5, 5.41) is 3.57. The first-order chi connectivity index (χ1) is 12.4. The molecule has 1 saturated carbocycles. The lowest BCUT2D eigenvalue weighted by Crippen LogP contribution is -2.32. The quantitative estimate of drug-likeness (QED) is 0.544. The Morgan fingerprint density at radius 1 is 1.27 bits per heavy atom. The van der Waals surface area contributed by atoms with E-state index in [0.717, 1.165) is 34.7 Å². The number of alkyl halides is 2. The molecular formula is C18H25F2N4PS. The van der Waals surface area contributed by atoms with Crippen LogP contribution in [-0.2, 0) is 7.05 Å². The molecule has 1 fully saturated rings. The van der Waals surface area contributed by atoms with Gasteiger partial charge in [0.1, 0.15) is 0 Å². The fourth-order valence-electron chi connectivity index (χ4n) is 3.44. The summed E-state index contributed by atoms with van der Waals surface area (Å²) < 4.78 is 32.0. The van der Waals surface area contributed by atoms with E-state index in [-0.39, 0.29) is 6.04 Å². The van der Waals surface area contributed by atoms with Gasteiger partial charge in [0.05, 0.1) is 12.0 Å². The molecule has 0 radical (unpaired) electrons. The van der Waals surface area contributed by atoms with Crippen LogP contribution in [0.15, 0.2) is 35.6 Å². The first-order valence-corrected chi connectivity index (χ1v) is 10.2. The number of benzene rings is 1. The number of rotatable bonds is 6. The predicted molar refractivity (Wildman–Crippen MR) is 108 cm³/mol. The highest BCUT2D eigenvalue weighted by molar-refractivity contribution is 7.97. The van der Waals surface area contributed by atoms with Gasteiger partial charge in [-0.1, -0.05) is 9.24 Å². The molecule has 0 aliphatic heterocycles. The number of nitrogens with zero attached hydrogens (tertiary/aromatic N) is 2. The maximum Gasteiger partial charge on any atom is 0.261 e. The minimum atomic E-state index is -2.66. The second kappa shape index (κ2) is 8.24. The molecule has 0 saturated heterocycles. The SMILES string of the molecule is CNSc1ccc(NC2CCC(C(F)(F)P)CC2)c(-c2cn(C)cn2)c1. The summed E-state index contributed by atoms with van der Waals surface area (Å²) in [5.41, 5.74) is 0.282. The zero-order valence-electron chi connectivity index (χ0n) is 15.0. The molecule has 1 aromatic carbocycles. The smallest absolute Gasteiger partial charge is 0.261 e. The van der Waals surface area contributed by atoms with E-state index in [4.69, 9.17) is 0 Å². The van der Waals surface area contributed by atoms with Crippen molar-refractivity contribution in [3.63, 3.8) is 0 Å². The van der Waals surface area contributed by atoms with E-state index in [1.165, 1.54) is 0 Å². The van der Waals surface area contributed by atoms with Crippen LogP contribution < -0.4 is 10.0 Å². The fraction of sp³-hybridized carbons (Fsp3) is 0.500. The second-order valence-corrected chi connectivity index (χ2v) is 8.66. The minimum absolute atomic E-state index is 0.212. The van der Waals surface area contributed by atoms with Crippen molar-refractivity contribution < 1.29 is 8.78 Å². The van der Waals surface area contributed by atoms with Crippen molar-refractivity contribution in [1.82, 2.24) is 14.3 Å². The van der Waals surface area contributed by atoms with Gasteiger partial charge in [-0.2, -0.15) is 0 Å².